The Labute approximate surface area is 177 Å². The van der Waals surface area contributed by atoms with E-state index < -0.39 is 0 Å². The lowest BCUT2D eigenvalue weighted by molar-refractivity contribution is 0.291. The van der Waals surface area contributed by atoms with E-state index >= 15 is 0 Å². The molecule has 0 aliphatic carbocycles. The van der Waals surface area contributed by atoms with Crippen molar-refractivity contribution >= 4 is 28.7 Å². The second kappa shape index (κ2) is 7.28. The Kier molecular flexibility index (Phi) is 4.30. The normalized spacial score (nSPS) is 14.8. The Hall–Kier alpha value is -3.13. The number of nitrogens with one attached hydrogen (secondary N) is 1. The predicted octanol–water partition coefficient (Wildman–Crippen LogP) is 4.45. The Morgan fingerprint density at radius 2 is 2.07 bits per heavy atom. The summed E-state index contributed by atoms with van der Waals surface area (Å²) >= 11 is 1.49. The van der Waals surface area contributed by atoms with Gasteiger partial charge in [0.1, 0.15) is 16.9 Å². The maximum atomic E-state index is 6.12. The van der Waals surface area contributed by atoms with Crippen LogP contribution >= 0.6 is 11.9 Å². The van der Waals surface area contributed by atoms with Crippen molar-refractivity contribution in [1.29, 1.82) is 0 Å². The second-order valence-corrected chi connectivity index (χ2v) is 8.30. The Balaban J connectivity index is 1.36. The van der Waals surface area contributed by atoms with E-state index in [4.69, 9.17) is 14.0 Å². The summed E-state index contributed by atoms with van der Waals surface area (Å²) in [6.07, 6.45) is 6.68. The minimum absolute atomic E-state index is 0.675. The van der Waals surface area contributed by atoms with Gasteiger partial charge in [0.25, 0.3) is 0 Å². The molecule has 4 heterocycles. The molecule has 0 saturated heterocycles. The van der Waals surface area contributed by atoms with E-state index in [0.717, 1.165) is 58.8 Å². The van der Waals surface area contributed by atoms with E-state index in [1.165, 1.54) is 23.1 Å². The number of fused-ring (bicyclic) bond motifs is 4. The van der Waals surface area contributed by atoms with Gasteiger partial charge in [0.05, 0.1) is 24.7 Å². The van der Waals surface area contributed by atoms with Crippen LogP contribution < -0.4 is 14.2 Å². The molecular formula is C22H20N4O3S. The van der Waals surface area contributed by atoms with Gasteiger partial charge in [-0.3, -0.25) is 4.68 Å². The van der Waals surface area contributed by atoms with Crippen LogP contribution in [-0.4, -0.2) is 28.2 Å². The van der Waals surface area contributed by atoms with Crippen LogP contribution in [0, 0.1) is 0 Å². The predicted molar refractivity (Wildman–Crippen MR) is 114 cm³/mol. The summed E-state index contributed by atoms with van der Waals surface area (Å²) in [6, 6.07) is 10.2. The summed E-state index contributed by atoms with van der Waals surface area (Å²) in [7, 11) is 0. The van der Waals surface area contributed by atoms with Crippen LogP contribution in [0.3, 0.4) is 0 Å². The number of ether oxygens (including phenoxy) is 2. The summed E-state index contributed by atoms with van der Waals surface area (Å²) in [4.78, 5) is 1.05. The van der Waals surface area contributed by atoms with Crippen molar-refractivity contribution < 1.29 is 14.0 Å². The van der Waals surface area contributed by atoms with Crippen LogP contribution in [0.5, 0.6) is 11.5 Å². The SMILES string of the molecule is c1cc2c(c(SNc3noc4cc(Cn5cccn5)c5c(c34)OCCC5)c1)OCC2. The minimum Gasteiger partial charge on any atom is -0.492 e. The summed E-state index contributed by atoms with van der Waals surface area (Å²) in [5.74, 6) is 2.51. The lowest BCUT2D eigenvalue weighted by Gasteiger charge is -2.21. The number of rotatable bonds is 5. The first-order valence-electron chi connectivity index (χ1n) is 10.1. The van der Waals surface area contributed by atoms with E-state index in [2.05, 4.69) is 39.2 Å². The second-order valence-electron chi connectivity index (χ2n) is 7.45. The number of nitrogens with zero attached hydrogens (tertiary/aromatic N) is 3. The molecule has 0 radical (unpaired) electrons. The number of hydrogen-bond acceptors (Lipinski definition) is 7. The molecule has 8 heteroatoms. The third-order valence-corrected chi connectivity index (χ3v) is 6.39. The van der Waals surface area contributed by atoms with Gasteiger partial charge in [-0.15, -0.1) is 0 Å². The summed E-state index contributed by atoms with van der Waals surface area (Å²) in [6.45, 7) is 2.12. The molecule has 0 spiro atoms. The molecule has 1 N–H and O–H groups in total. The molecule has 152 valence electrons. The Morgan fingerprint density at radius 1 is 1.10 bits per heavy atom. The molecule has 0 bridgehead atoms. The zero-order chi connectivity index (χ0) is 19.9. The minimum atomic E-state index is 0.675. The maximum Gasteiger partial charge on any atom is 0.191 e. The molecule has 0 amide bonds. The lowest BCUT2D eigenvalue weighted by atomic mass is 9.97. The molecule has 0 atom stereocenters. The first-order chi connectivity index (χ1) is 14.9. The fraction of sp³-hybridized carbons (Fsp3) is 0.273. The van der Waals surface area contributed by atoms with Crippen LogP contribution in [0.2, 0.25) is 0 Å². The number of benzene rings is 2. The van der Waals surface area contributed by atoms with E-state index in [9.17, 15) is 0 Å². The molecule has 2 aromatic carbocycles. The fourth-order valence-corrected chi connectivity index (χ4v) is 4.94. The number of hydrogen-bond donors (Lipinski definition) is 1. The molecule has 0 unspecified atom stereocenters. The molecule has 2 aliphatic rings. The highest BCUT2D eigenvalue weighted by atomic mass is 32.2. The first-order valence-corrected chi connectivity index (χ1v) is 10.9. The van der Waals surface area contributed by atoms with Crippen LogP contribution in [0.25, 0.3) is 11.0 Å². The zero-order valence-electron chi connectivity index (χ0n) is 16.3. The van der Waals surface area contributed by atoms with Gasteiger partial charge in [0.2, 0.25) is 0 Å². The molecule has 4 aromatic rings. The molecule has 2 aliphatic heterocycles. The van der Waals surface area contributed by atoms with Crippen LogP contribution in [0.1, 0.15) is 23.1 Å². The van der Waals surface area contributed by atoms with Crippen molar-refractivity contribution in [3.05, 3.63) is 59.4 Å². The highest BCUT2D eigenvalue weighted by molar-refractivity contribution is 8.00. The Bertz CT molecular complexity index is 1220. The molecule has 0 saturated carbocycles. The van der Waals surface area contributed by atoms with Gasteiger partial charge < -0.3 is 18.7 Å². The smallest absolute Gasteiger partial charge is 0.191 e. The van der Waals surface area contributed by atoms with Gasteiger partial charge in [-0.2, -0.15) is 5.10 Å². The van der Waals surface area contributed by atoms with E-state index in [0.29, 0.717) is 19.0 Å². The van der Waals surface area contributed by atoms with Crippen LogP contribution in [0.4, 0.5) is 5.82 Å². The van der Waals surface area contributed by atoms with Crippen LogP contribution in [0.15, 0.2) is 52.1 Å². The standard InChI is InChI=1S/C22H20N4O3S/c1-4-14-7-11-28-20(14)18(6-1)30-25-22-19-17(29-24-22)12-15(13-26-9-3-8-23-26)16-5-2-10-27-21(16)19/h1,3-4,6,8-9,12H,2,5,7,10-11,13H2,(H,24,25). The summed E-state index contributed by atoms with van der Waals surface area (Å²) < 4.78 is 22.9. The highest BCUT2D eigenvalue weighted by Crippen LogP contribution is 2.43. The number of aromatic nitrogens is 3. The zero-order valence-corrected chi connectivity index (χ0v) is 17.1. The lowest BCUT2D eigenvalue weighted by Crippen LogP contribution is -2.13. The van der Waals surface area contributed by atoms with Crippen molar-refractivity contribution in [1.82, 2.24) is 14.9 Å². The third kappa shape index (κ3) is 2.99. The van der Waals surface area contributed by atoms with Gasteiger partial charge in [-0.25, -0.2) is 0 Å². The van der Waals surface area contributed by atoms with Crippen molar-refractivity contribution in [2.75, 3.05) is 17.9 Å². The van der Waals surface area contributed by atoms with Gasteiger partial charge in [-0.05, 0) is 54.1 Å². The average molecular weight is 420 g/mol. The average Bonchev–Trinajstić information content (AvgIpc) is 3.53. The summed E-state index contributed by atoms with van der Waals surface area (Å²) in [5, 5.41) is 9.54. The number of para-hydroxylation sites is 1. The fourth-order valence-electron chi connectivity index (χ4n) is 4.17. The quantitative estimate of drug-likeness (QED) is 0.478. The van der Waals surface area contributed by atoms with E-state index in [1.54, 1.807) is 6.20 Å². The van der Waals surface area contributed by atoms with E-state index in [1.807, 2.05) is 16.9 Å². The summed E-state index contributed by atoms with van der Waals surface area (Å²) in [5.41, 5.74) is 4.33. The molecule has 6 rings (SSSR count). The van der Waals surface area contributed by atoms with Gasteiger partial charge in [-0.1, -0.05) is 17.3 Å². The maximum absolute atomic E-state index is 6.12. The van der Waals surface area contributed by atoms with Gasteiger partial charge in [0, 0.05) is 24.4 Å². The molecule has 2 aromatic heterocycles. The number of anilines is 1. The van der Waals surface area contributed by atoms with Gasteiger partial charge >= 0.3 is 0 Å². The molecular weight excluding hydrogens is 400 g/mol. The van der Waals surface area contributed by atoms with Crippen molar-refractivity contribution in [3.8, 4) is 11.5 Å². The third-order valence-electron chi connectivity index (χ3n) is 5.56. The van der Waals surface area contributed by atoms with Crippen molar-refractivity contribution in [2.45, 2.75) is 30.7 Å². The Morgan fingerprint density at radius 3 is 3.00 bits per heavy atom. The monoisotopic (exact) mass is 420 g/mol. The molecule has 30 heavy (non-hydrogen) atoms. The molecule has 7 nitrogen and oxygen atoms in total. The van der Waals surface area contributed by atoms with Crippen molar-refractivity contribution in [2.24, 2.45) is 0 Å². The highest BCUT2D eigenvalue weighted by Gasteiger charge is 2.25. The topological polar surface area (TPSA) is 74.3 Å². The largest absolute Gasteiger partial charge is 0.492 e. The van der Waals surface area contributed by atoms with Crippen LogP contribution in [-0.2, 0) is 19.4 Å². The van der Waals surface area contributed by atoms with Crippen molar-refractivity contribution in [3.63, 3.8) is 0 Å². The van der Waals surface area contributed by atoms with E-state index in [-0.39, 0.29) is 0 Å². The molecule has 0 fully saturated rings. The van der Waals surface area contributed by atoms with Gasteiger partial charge in [0.15, 0.2) is 11.4 Å². The first kappa shape index (κ1) is 17.7.